The zero-order valence-corrected chi connectivity index (χ0v) is 15.8. The van der Waals surface area contributed by atoms with Gasteiger partial charge in [-0.3, -0.25) is 0 Å². The smallest absolute Gasteiger partial charge is 0.0175 e. The van der Waals surface area contributed by atoms with E-state index in [1.807, 2.05) is 6.08 Å². The van der Waals surface area contributed by atoms with Crippen LogP contribution in [0.25, 0.3) is 28.3 Å². The minimum atomic E-state index is 1.01. The van der Waals surface area contributed by atoms with Gasteiger partial charge in [0.25, 0.3) is 0 Å². The Morgan fingerprint density at radius 1 is 1.00 bits per heavy atom. The molecule has 120 valence electrons. The lowest BCUT2D eigenvalue weighted by Gasteiger charge is -2.12. The Morgan fingerprint density at radius 3 is 2.25 bits per heavy atom. The summed E-state index contributed by atoms with van der Waals surface area (Å²) in [6.07, 6.45) is 7.43. The van der Waals surface area contributed by atoms with Gasteiger partial charge in [-0.05, 0) is 70.0 Å². The predicted molar refractivity (Wildman–Crippen MR) is 111 cm³/mol. The van der Waals surface area contributed by atoms with Crippen molar-refractivity contribution in [3.8, 4) is 11.1 Å². The summed E-state index contributed by atoms with van der Waals surface area (Å²) in [6.45, 7) is 12.7. The molecule has 0 spiro atoms. The first-order valence-corrected chi connectivity index (χ1v) is 9.03. The van der Waals surface area contributed by atoms with Gasteiger partial charge in [0.2, 0.25) is 0 Å². The molecule has 1 aliphatic rings. The molecule has 0 saturated carbocycles. The van der Waals surface area contributed by atoms with E-state index in [-0.39, 0.29) is 0 Å². The summed E-state index contributed by atoms with van der Waals surface area (Å²) in [7, 11) is 0. The summed E-state index contributed by atoms with van der Waals surface area (Å²) < 4.78 is 1.08. The summed E-state index contributed by atoms with van der Waals surface area (Å²) in [5.41, 5.74) is 9.68. The minimum absolute atomic E-state index is 1.01. The van der Waals surface area contributed by atoms with Crippen LogP contribution in [0.1, 0.15) is 37.0 Å². The average molecular weight is 377 g/mol. The van der Waals surface area contributed by atoms with E-state index in [0.717, 1.165) is 16.5 Å². The first-order chi connectivity index (χ1) is 11.6. The average Bonchev–Trinajstić information content (AvgIpc) is 2.87. The molecule has 0 nitrogen and oxygen atoms in total. The van der Waals surface area contributed by atoms with Crippen molar-refractivity contribution in [2.45, 2.75) is 20.3 Å². The van der Waals surface area contributed by atoms with E-state index < -0.39 is 0 Å². The molecule has 0 radical (unpaired) electrons. The van der Waals surface area contributed by atoms with Crippen molar-refractivity contribution >= 4 is 33.2 Å². The standard InChI is InChI=1S/C23H21Br/c1-5-8-21-18(6-2)15(4)23-19(7-3)20(13-14-22(21)23)16-9-11-17(24)12-10-16/h6-14H,3-5H2,1-2H3/b18-6-,21-8+. The van der Waals surface area contributed by atoms with Crippen LogP contribution in [0.2, 0.25) is 0 Å². The molecule has 0 unspecified atom stereocenters. The number of allylic oxidation sites excluding steroid dienone is 5. The van der Waals surface area contributed by atoms with Crippen LogP contribution in [-0.4, -0.2) is 0 Å². The lowest BCUT2D eigenvalue weighted by atomic mass is 9.91. The maximum atomic E-state index is 4.37. The maximum absolute atomic E-state index is 4.37. The molecule has 24 heavy (non-hydrogen) atoms. The van der Waals surface area contributed by atoms with Crippen molar-refractivity contribution in [3.63, 3.8) is 0 Å². The van der Waals surface area contributed by atoms with Crippen LogP contribution in [0, 0.1) is 0 Å². The first kappa shape index (κ1) is 16.7. The Kier molecular flexibility index (Phi) is 4.73. The molecule has 1 aliphatic carbocycles. The Balaban J connectivity index is 2.28. The van der Waals surface area contributed by atoms with Gasteiger partial charge < -0.3 is 0 Å². The summed E-state index contributed by atoms with van der Waals surface area (Å²) >= 11 is 3.51. The van der Waals surface area contributed by atoms with E-state index in [4.69, 9.17) is 0 Å². The van der Waals surface area contributed by atoms with Crippen LogP contribution in [-0.2, 0) is 0 Å². The van der Waals surface area contributed by atoms with Crippen LogP contribution >= 0.6 is 15.9 Å². The number of rotatable bonds is 3. The fourth-order valence-electron chi connectivity index (χ4n) is 3.46. The van der Waals surface area contributed by atoms with Gasteiger partial charge in [-0.25, -0.2) is 0 Å². The number of hydrogen-bond acceptors (Lipinski definition) is 0. The minimum Gasteiger partial charge on any atom is -0.0984 e. The van der Waals surface area contributed by atoms with Gasteiger partial charge in [0.05, 0.1) is 0 Å². The highest BCUT2D eigenvalue weighted by atomic mass is 79.9. The Labute approximate surface area is 153 Å². The van der Waals surface area contributed by atoms with Crippen molar-refractivity contribution in [2.24, 2.45) is 0 Å². The Morgan fingerprint density at radius 2 is 1.67 bits per heavy atom. The fourth-order valence-corrected chi connectivity index (χ4v) is 3.72. The van der Waals surface area contributed by atoms with E-state index in [1.165, 1.54) is 39.0 Å². The topological polar surface area (TPSA) is 0 Å². The second-order valence-electron chi connectivity index (χ2n) is 5.87. The summed E-state index contributed by atoms with van der Waals surface area (Å²) in [5, 5.41) is 0. The normalized spacial score (nSPS) is 16.7. The quantitative estimate of drug-likeness (QED) is 0.519. The van der Waals surface area contributed by atoms with Gasteiger partial charge in [0.15, 0.2) is 0 Å². The van der Waals surface area contributed by atoms with E-state index >= 15 is 0 Å². The molecule has 2 aromatic carbocycles. The Hall–Kier alpha value is -2.12. The summed E-state index contributed by atoms with van der Waals surface area (Å²) in [4.78, 5) is 0. The van der Waals surface area contributed by atoms with Crippen molar-refractivity contribution in [3.05, 3.63) is 88.4 Å². The number of fused-ring (bicyclic) bond motifs is 1. The van der Waals surface area contributed by atoms with E-state index in [1.54, 1.807) is 0 Å². The zero-order valence-electron chi connectivity index (χ0n) is 14.2. The zero-order chi connectivity index (χ0) is 17.3. The molecule has 0 N–H and O–H groups in total. The molecule has 0 heterocycles. The summed E-state index contributed by atoms with van der Waals surface area (Å²) in [5.74, 6) is 0. The lowest BCUT2D eigenvalue weighted by Crippen LogP contribution is -1.91. The SMILES string of the molecule is C=Cc1c(-c2ccc(Br)cc2)ccc2c1C(=C)C(=C/C)/C2=C\CC. The van der Waals surface area contributed by atoms with Crippen LogP contribution in [0.3, 0.4) is 0 Å². The monoisotopic (exact) mass is 376 g/mol. The third kappa shape index (κ3) is 2.63. The number of hydrogen-bond donors (Lipinski definition) is 0. The highest BCUT2D eigenvalue weighted by Crippen LogP contribution is 2.48. The van der Waals surface area contributed by atoms with Gasteiger partial charge in [0.1, 0.15) is 0 Å². The molecule has 0 aromatic heterocycles. The predicted octanol–water partition coefficient (Wildman–Crippen LogP) is 7.53. The molecular formula is C23H21Br. The summed E-state index contributed by atoms with van der Waals surface area (Å²) in [6, 6.07) is 12.8. The van der Waals surface area contributed by atoms with Gasteiger partial charge in [-0.1, -0.05) is 78.5 Å². The Bertz CT molecular complexity index is 877. The second kappa shape index (κ2) is 6.78. The molecule has 3 rings (SSSR count). The van der Waals surface area contributed by atoms with E-state index in [0.29, 0.717) is 0 Å². The van der Waals surface area contributed by atoms with Crippen molar-refractivity contribution < 1.29 is 0 Å². The lowest BCUT2D eigenvalue weighted by molar-refractivity contribution is 1.23. The molecular weight excluding hydrogens is 356 g/mol. The third-order valence-electron chi connectivity index (χ3n) is 4.51. The van der Waals surface area contributed by atoms with Crippen molar-refractivity contribution in [1.82, 2.24) is 0 Å². The molecule has 0 fully saturated rings. The fraction of sp³-hybridized carbons (Fsp3) is 0.130. The van der Waals surface area contributed by atoms with E-state index in [2.05, 4.69) is 91.5 Å². The largest absolute Gasteiger partial charge is 0.0984 e. The molecule has 2 aromatic rings. The number of benzene rings is 2. The molecule has 0 amide bonds. The first-order valence-electron chi connectivity index (χ1n) is 8.24. The maximum Gasteiger partial charge on any atom is 0.0175 e. The van der Waals surface area contributed by atoms with Crippen molar-refractivity contribution in [2.75, 3.05) is 0 Å². The van der Waals surface area contributed by atoms with Gasteiger partial charge in [-0.2, -0.15) is 0 Å². The molecule has 0 aliphatic heterocycles. The highest BCUT2D eigenvalue weighted by Gasteiger charge is 2.27. The molecule has 1 heteroatoms. The third-order valence-corrected chi connectivity index (χ3v) is 5.04. The molecule has 0 bridgehead atoms. The second-order valence-corrected chi connectivity index (χ2v) is 6.78. The molecule has 0 saturated heterocycles. The van der Waals surface area contributed by atoms with Gasteiger partial charge >= 0.3 is 0 Å². The van der Waals surface area contributed by atoms with Crippen LogP contribution < -0.4 is 0 Å². The highest BCUT2D eigenvalue weighted by molar-refractivity contribution is 9.10. The molecule has 0 atom stereocenters. The van der Waals surface area contributed by atoms with E-state index in [9.17, 15) is 0 Å². The van der Waals surface area contributed by atoms with Gasteiger partial charge in [0, 0.05) is 4.47 Å². The van der Waals surface area contributed by atoms with Crippen LogP contribution in [0.4, 0.5) is 0 Å². The van der Waals surface area contributed by atoms with Crippen LogP contribution in [0.15, 0.2) is 71.8 Å². The van der Waals surface area contributed by atoms with Gasteiger partial charge in [-0.15, -0.1) is 0 Å². The van der Waals surface area contributed by atoms with Crippen molar-refractivity contribution in [1.29, 1.82) is 0 Å². The van der Waals surface area contributed by atoms with Crippen LogP contribution in [0.5, 0.6) is 0 Å². The number of halogens is 1.